The molecule has 118 valence electrons. The van der Waals surface area contributed by atoms with Gasteiger partial charge in [0.25, 0.3) is 0 Å². The van der Waals surface area contributed by atoms with Crippen molar-refractivity contribution >= 4 is 49.1 Å². The van der Waals surface area contributed by atoms with Gasteiger partial charge in [0.2, 0.25) is 20.0 Å². The summed E-state index contributed by atoms with van der Waals surface area (Å²) in [6.07, 6.45) is -0.483. The minimum absolute atomic E-state index is 0.122. The molecule has 1 aromatic carbocycles. The highest BCUT2D eigenvalue weighted by atomic mass is 35.5. The SMILES string of the molecule is CCSCC1Nc2cc(Cl)c(S(N)(=O)=O)cc2S(=O)(=O)N1. The zero-order valence-electron chi connectivity index (χ0n) is 11.0. The highest BCUT2D eigenvalue weighted by Crippen LogP contribution is 2.33. The molecule has 1 unspecified atom stereocenters. The number of hydrogen-bond donors (Lipinski definition) is 3. The van der Waals surface area contributed by atoms with Gasteiger partial charge in [-0.1, -0.05) is 18.5 Å². The van der Waals surface area contributed by atoms with Crippen molar-refractivity contribution < 1.29 is 16.8 Å². The molecule has 4 N–H and O–H groups in total. The number of sulfonamides is 2. The zero-order chi connectivity index (χ0) is 15.8. The van der Waals surface area contributed by atoms with Crippen molar-refractivity contribution in [1.82, 2.24) is 4.72 Å². The van der Waals surface area contributed by atoms with Crippen LogP contribution in [0.4, 0.5) is 5.69 Å². The number of halogens is 1. The Morgan fingerprint density at radius 1 is 1.43 bits per heavy atom. The monoisotopic (exact) mass is 371 g/mol. The fraction of sp³-hybridized carbons (Fsp3) is 0.400. The Bertz CT molecular complexity index is 764. The molecule has 0 aliphatic carbocycles. The first-order valence-electron chi connectivity index (χ1n) is 5.88. The maximum atomic E-state index is 12.2. The number of anilines is 1. The number of nitrogens with two attached hydrogens (primary N) is 1. The molecule has 1 aromatic rings. The van der Waals surface area contributed by atoms with E-state index in [1.807, 2.05) is 6.92 Å². The molecule has 21 heavy (non-hydrogen) atoms. The van der Waals surface area contributed by atoms with Gasteiger partial charge in [-0.15, -0.1) is 0 Å². The van der Waals surface area contributed by atoms with E-state index in [1.54, 1.807) is 11.8 Å². The van der Waals surface area contributed by atoms with Crippen molar-refractivity contribution in [2.45, 2.75) is 22.9 Å². The Balaban J connectivity index is 2.51. The molecule has 0 radical (unpaired) electrons. The van der Waals surface area contributed by atoms with Crippen molar-refractivity contribution in [1.29, 1.82) is 0 Å². The maximum Gasteiger partial charge on any atom is 0.244 e. The molecule has 0 amide bonds. The van der Waals surface area contributed by atoms with Crippen LogP contribution in [0.3, 0.4) is 0 Å². The molecule has 1 atom stereocenters. The lowest BCUT2D eigenvalue weighted by Crippen LogP contribution is -2.46. The lowest BCUT2D eigenvalue weighted by molar-refractivity contribution is 0.566. The molecule has 2 rings (SSSR count). The normalized spacial score (nSPS) is 20.6. The van der Waals surface area contributed by atoms with Crippen LogP contribution in [0.15, 0.2) is 21.9 Å². The number of thioether (sulfide) groups is 1. The first kappa shape index (κ1) is 16.8. The molecule has 7 nitrogen and oxygen atoms in total. The summed E-state index contributed by atoms with van der Waals surface area (Å²) in [7, 11) is -7.93. The number of benzene rings is 1. The van der Waals surface area contributed by atoms with Crippen molar-refractivity contribution in [3.05, 3.63) is 17.2 Å². The minimum Gasteiger partial charge on any atom is -0.367 e. The largest absolute Gasteiger partial charge is 0.367 e. The van der Waals surface area contributed by atoms with Gasteiger partial charge in [-0.2, -0.15) is 16.5 Å². The van der Waals surface area contributed by atoms with E-state index < -0.39 is 31.1 Å². The molecular formula is C10H14ClN3O4S3. The summed E-state index contributed by atoms with van der Waals surface area (Å²) in [5.41, 5.74) is 0.257. The Labute approximate surface area is 132 Å². The number of hydrogen-bond acceptors (Lipinski definition) is 6. The third kappa shape index (κ3) is 3.63. The Morgan fingerprint density at radius 2 is 2.10 bits per heavy atom. The molecular weight excluding hydrogens is 358 g/mol. The summed E-state index contributed by atoms with van der Waals surface area (Å²) in [6, 6.07) is 2.23. The summed E-state index contributed by atoms with van der Waals surface area (Å²) < 4.78 is 49.7. The topological polar surface area (TPSA) is 118 Å². The van der Waals surface area contributed by atoms with Gasteiger partial charge in [0.1, 0.15) is 9.79 Å². The number of nitrogens with one attached hydrogen (secondary N) is 2. The van der Waals surface area contributed by atoms with E-state index in [0.717, 1.165) is 11.8 Å². The summed E-state index contributed by atoms with van der Waals surface area (Å²) in [4.78, 5) is -0.606. The van der Waals surface area contributed by atoms with Crippen LogP contribution in [0.25, 0.3) is 0 Å². The third-order valence-corrected chi connectivity index (χ3v) is 6.61. The fourth-order valence-corrected chi connectivity index (χ4v) is 5.11. The summed E-state index contributed by atoms with van der Waals surface area (Å²) in [6.45, 7) is 1.96. The predicted molar refractivity (Wildman–Crippen MR) is 83.6 cm³/mol. The van der Waals surface area contributed by atoms with Crippen LogP contribution in [-0.2, 0) is 20.0 Å². The van der Waals surface area contributed by atoms with Crippen molar-refractivity contribution in [3.63, 3.8) is 0 Å². The van der Waals surface area contributed by atoms with Crippen LogP contribution in [0.2, 0.25) is 5.02 Å². The molecule has 0 saturated heterocycles. The molecule has 0 saturated carbocycles. The van der Waals surface area contributed by atoms with E-state index in [-0.39, 0.29) is 15.6 Å². The maximum absolute atomic E-state index is 12.2. The highest BCUT2D eigenvalue weighted by molar-refractivity contribution is 7.99. The van der Waals surface area contributed by atoms with Gasteiger partial charge in [0, 0.05) is 5.75 Å². The highest BCUT2D eigenvalue weighted by Gasteiger charge is 2.31. The molecule has 0 spiro atoms. The van der Waals surface area contributed by atoms with E-state index in [9.17, 15) is 16.8 Å². The van der Waals surface area contributed by atoms with E-state index >= 15 is 0 Å². The second-order valence-corrected chi connectivity index (χ2v) is 9.24. The Morgan fingerprint density at radius 3 is 2.67 bits per heavy atom. The Kier molecular flexibility index (Phi) is 4.76. The lowest BCUT2D eigenvalue weighted by Gasteiger charge is -2.28. The second kappa shape index (κ2) is 5.94. The van der Waals surface area contributed by atoms with Gasteiger partial charge in [0.05, 0.1) is 16.9 Å². The number of primary sulfonamides is 1. The van der Waals surface area contributed by atoms with Crippen LogP contribution in [-0.4, -0.2) is 34.5 Å². The molecule has 0 fully saturated rings. The molecule has 0 bridgehead atoms. The average molecular weight is 372 g/mol. The predicted octanol–water partition coefficient (Wildman–Crippen LogP) is 0.770. The summed E-state index contributed by atoms with van der Waals surface area (Å²) in [5.74, 6) is 1.38. The fourth-order valence-electron chi connectivity index (χ4n) is 1.87. The van der Waals surface area contributed by atoms with Crippen LogP contribution in [0.5, 0.6) is 0 Å². The van der Waals surface area contributed by atoms with E-state index in [1.165, 1.54) is 6.07 Å². The molecule has 0 aromatic heterocycles. The van der Waals surface area contributed by atoms with Crippen LogP contribution >= 0.6 is 23.4 Å². The molecule has 1 heterocycles. The molecule has 1 aliphatic rings. The van der Waals surface area contributed by atoms with E-state index in [0.29, 0.717) is 5.75 Å². The number of fused-ring (bicyclic) bond motifs is 1. The first-order chi connectivity index (χ1) is 9.65. The zero-order valence-corrected chi connectivity index (χ0v) is 14.2. The van der Waals surface area contributed by atoms with Crippen LogP contribution in [0, 0.1) is 0 Å². The first-order valence-corrected chi connectivity index (χ1v) is 10.4. The average Bonchev–Trinajstić information content (AvgIpc) is 2.33. The molecule has 11 heteroatoms. The quantitative estimate of drug-likeness (QED) is 0.719. The van der Waals surface area contributed by atoms with Crippen molar-refractivity contribution in [2.24, 2.45) is 5.14 Å². The third-order valence-electron chi connectivity index (χ3n) is 2.75. The summed E-state index contributed by atoms with van der Waals surface area (Å²) in [5, 5.41) is 7.87. The van der Waals surface area contributed by atoms with Crippen LogP contribution < -0.4 is 15.2 Å². The second-order valence-electron chi connectivity index (χ2n) is 4.30. The van der Waals surface area contributed by atoms with Gasteiger partial charge in [0.15, 0.2) is 0 Å². The lowest BCUT2D eigenvalue weighted by atomic mass is 10.3. The van der Waals surface area contributed by atoms with E-state index in [4.69, 9.17) is 16.7 Å². The van der Waals surface area contributed by atoms with Gasteiger partial charge in [-0.25, -0.2) is 22.0 Å². The number of rotatable bonds is 4. The van der Waals surface area contributed by atoms with Crippen molar-refractivity contribution in [2.75, 3.05) is 16.8 Å². The minimum atomic E-state index is -4.10. The Hall–Kier alpha value is -0.520. The van der Waals surface area contributed by atoms with Gasteiger partial charge in [-0.3, -0.25) is 0 Å². The smallest absolute Gasteiger partial charge is 0.244 e. The van der Waals surface area contributed by atoms with Gasteiger partial charge in [-0.05, 0) is 17.9 Å². The van der Waals surface area contributed by atoms with E-state index in [2.05, 4.69) is 10.0 Å². The summed E-state index contributed by atoms with van der Waals surface area (Å²) >= 11 is 7.43. The standard InChI is InChI=1S/C10H14ClN3O4S3/c1-2-19-5-10-13-7-3-6(11)8(20(12,15)16)4-9(7)21(17,18)14-10/h3-4,10,13-14H,2,5H2,1H3,(H2,12,15,16). The van der Waals surface area contributed by atoms with Crippen molar-refractivity contribution in [3.8, 4) is 0 Å². The van der Waals surface area contributed by atoms with Gasteiger partial charge < -0.3 is 5.32 Å². The van der Waals surface area contributed by atoms with Gasteiger partial charge >= 0.3 is 0 Å². The van der Waals surface area contributed by atoms with Crippen LogP contribution in [0.1, 0.15) is 6.92 Å². The molecule has 1 aliphatic heterocycles.